The first-order valence-corrected chi connectivity index (χ1v) is 23.5. The molecule has 53 heavy (non-hydrogen) atoms. The van der Waals surface area contributed by atoms with Crippen LogP contribution in [0.25, 0.3) is 0 Å². The van der Waals surface area contributed by atoms with Crippen molar-refractivity contribution in [1.29, 1.82) is 0 Å². The molecular weight excluding hydrogens is 661 g/mol. The summed E-state index contributed by atoms with van der Waals surface area (Å²) in [5.41, 5.74) is 0. The Hall–Kier alpha value is -1.59. The number of esters is 3. The van der Waals surface area contributed by atoms with Gasteiger partial charge in [0.2, 0.25) is 0 Å². The molecule has 0 rings (SSSR count). The zero-order valence-electron chi connectivity index (χ0n) is 35.8. The standard InChI is InChI=1S/C47H90O6/c1-4-7-10-13-16-19-22-23-26-28-31-34-37-40-46(49)52-43-44(53-47(50)41-38-35-32-29-25-21-18-15-12-9-6-3)42-51-45(48)39-36-33-30-27-24-20-17-14-11-8-5-2/h44H,4-43H2,1-3H3. The Bertz CT molecular complexity index is 783. The van der Waals surface area contributed by atoms with Crippen LogP contribution < -0.4 is 0 Å². The van der Waals surface area contributed by atoms with E-state index in [9.17, 15) is 14.4 Å². The second-order valence-electron chi connectivity index (χ2n) is 16.0. The molecule has 0 aliphatic carbocycles. The maximum atomic E-state index is 12.7. The third kappa shape index (κ3) is 41.4. The summed E-state index contributed by atoms with van der Waals surface area (Å²) in [7, 11) is 0. The number of carbonyl (C=O) groups excluding carboxylic acids is 3. The SMILES string of the molecule is CCCCCCCCCCCCCCCC(=O)OCC(COC(=O)CCCCCCCCCCCCC)OC(=O)CCCCCCCCCCCCC. The van der Waals surface area contributed by atoms with Crippen molar-refractivity contribution in [3.8, 4) is 0 Å². The van der Waals surface area contributed by atoms with Gasteiger partial charge in [-0.05, 0) is 19.3 Å². The lowest BCUT2D eigenvalue weighted by molar-refractivity contribution is -0.167. The Kier molecular flexibility index (Phi) is 41.8. The quantitative estimate of drug-likeness (QED) is 0.0351. The second-order valence-corrected chi connectivity index (χ2v) is 16.0. The molecule has 0 amide bonds. The van der Waals surface area contributed by atoms with Crippen LogP contribution in [0.3, 0.4) is 0 Å². The lowest BCUT2D eigenvalue weighted by Gasteiger charge is -2.18. The van der Waals surface area contributed by atoms with E-state index in [1.807, 2.05) is 0 Å². The predicted molar refractivity (Wildman–Crippen MR) is 224 cm³/mol. The monoisotopic (exact) mass is 751 g/mol. The average Bonchev–Trinajstić information content (AvgIpc) is 3.15. The van der Waals surface area contributed by atoms with Crippen molar-refractivity contribution in [2.24, 2.45) is 0 Å². The van der Waals surface area contributed by atoms with Crippen LogP contribution in [0.4, 0.5) is 0 Å². The number of unbranched alkanes of at least 4 members (excludes halogenated alkanes) is 32. The van der Waals surface area contributed by atoms with E-state index in [1.165, 1.54) is 167 Å². The summed E-state index contributed by atoms with van der Waals surface area (Å²) in [6, 6.07) is 0. The van der Waals surface area contributed by atoms with E-state index in [4.69, 9.17) is 14.2 Å². The third-order valence-corrected chi connectivity index (χ3v) is 10.6. The number of hydrogen-bond acceptors (Lipinski definition) is 6. The summed E-state index contributed by atoms with van der Waals surface area (Å²) in [4.78, 5) is 37.7. The van der Waals surface area contributed by atoms with Gasteiger partial charge in [0.05, 0.1) is 0 Å². The lowest BCUT2D eigenvalue weighted by Crippen LogP contribution is -2.30. The molecule has 0 saturated heterocycles. The summed E-state index contributed by atoms with van der Waals surface area (Å²) < 4.78 is 16.7. The van der Waals surface area contributed by atoms with Crippen LogP contribution in [0, 0.1) is 0 Å². The van der Waals surface area contributed by atoms with Crippen molar-refractivity contribution >= 4 is 17.9 Å². The Balaban J connectivity index is 4.31. The van der Waals surface area contributed by atoms with E-state index in [1.54, 1.807) is 0 Å². The van der Waals surface area contributed by atoms with Gasteiger partial charge >= 0.3 is 17.9 Å². The summed E-state index contributed by atoms with van der Waals surface area (Å²) in [6.45, 7) is 6.64. The molecule has 6 nitrogen and oxygen atoms in total. The third-order valence-electron chi connectivity index (χ3n) is 10.6. The summed E-state index contributed by atoms with van der Waals surface area (Å²) >= 11 is 0. The summed E-state index contributed by atoms with van der Waals surface area (Å²) in [5, 5.41) is 0. The zero-order chi connectivity index (χ0) is 38.7. The molecule has 0 N–H and O–H groups in total. The van der Waals surface area contributed by atoms with E-state index >= 15 is 0 Å². The van der Waals surface area contributed by atoms with Gasteiger partial charge in [-0.15, -0.1) is 0 Å². The van der Waals surface area contributed by atoms with E-state index in [-0.39, 0.29) is 31.1 Å². The van der Waals surface area contributed by atoms with E-state index in [0.29, 0.717) is 19.3 Å². The normalized spacial score (nSPS) is 11.8. The Morgan fingerprint density at radius 2 is 0.509 bits per heavy atom. The van der Waals surface area contributed by atoms with Crippen LogP contribution in [0.5, 0.6) is 0 Å². The van der Waals surface area contributed by atoms with Crippen molar-refractivity contribution in [2.45, 2.75) is 271 Å². The Morgan fingerprint density at radius 1 is 0.302 bits per heavy atom. The molecule has 0 bridgehead atoms. The minimum Gasteiger partial charge on any atom is -0.462 e. The van der Waals surface area contributed by atoms with Crippen LogP contribution in [0.15, 0.2) is 0 Å². The van der Waals surface area contributed by atoms with Gasteiger partial charge in [0.25, 0.3) is 0 Å². The topological polar surface area (TPSA) is 78.9 Å². The van der Waals surface area contributed by atoms with Gasteiger partial charge in [0, 0.05) is 19.3 Å². The van der Waals surface area contributed by atoms with Crippen LogP contribution >= 0.6 is 0 Å². The molecule has 0 heterocycles. The van der Waals surface area contributed by atoms with Gasteiger partial charge in [-0.2, -0.15) is 0 Å². The molecule has 0 spiro atoms. The highest BCUT2D eigenvalue weighted by molar-refractivity contribution is 5.71. The molecule has 314 valence electrons. The fourth-order valence-electron chi connectivity index (χ4n) is 7.03. The second kappa shape index (κ2) is 43.1. The fraction of sp³-hybridized carbons (Fsp3) is 0.936. The largest absolute Gasteiger partial charge is 0.462 e. The average molecular weight is 751 g/mol. The van der Waals surface area contributed by atoms with Gasteiger partial charge < -0.3 is 14.2 Å². The number of rotatable bonds is 43. The van der Waals surface area contributed by atoms with Gasteiger partial charge in [0.15, 0.2) is 6.10 Å². The highest BCUT2D eigenvalue weighted by Gasteiger charge is 2.19. The molecule has 1 unspecified atom stereocenters. The van der Waals surface area contributed by atoms with E-state index in [2.05, 4.69) is 20.8 Å². The molecular formula is C47H90O6. The zero-order valence-corrected chi connectivity index (χ0v) is 35.8. The molecule has 6 heteroatoms. The Morgan fingerprint density at radius 3 is 0.755 bits per heavy atom. The maximum Gasteiger partial charge on any atom is 0.306 e. The van der Waals surface area contributed by atoms with Crippen LogP contribution in [-0.4, -0.2) is 37.2 Å². The maximum absolute atomic E-state index is 12.7. The minimum atomic E-state index is -0.757. The Labute approximate surface area is 329 Å². The van der Waals surface area contributed by atoms with Crippen LogP contribution in [0.2, 0.25) is 0 Å². The van der Waals surface area contributed by atoms with Gasteiger partial charge in [-0.3, -0.25) is 14.4 Å². The number of hydrogen-bond donors (Lipinski definition) is 0. The van der Waals surface area contributed by atoms with E-state index < -0.39 is 6.10 Å². The highest BCUT2D eigenvalue weighted by Crippen LogP contribution is 2.16. The molecule has 0 aromatic rings. The van der Waals surface area contributed by atoms with Gasteiger partial charge in [0.1, 0.15) is 13.2 Å². The molecule has 0 aromatic heterocycles. The van der Waals surface area contributed by atoms with Gasteiger partial charge in [-0.1, -0.05) is 226 Å². The van der Waals surface area contributed by atoms with Crippen molar-refractivity contribution in [1.82, 2.24) is 0 Å². The molecule has 0 saturated carbocycles. The molecule has 0 aliphatic heterocycles. The molecule has 0 aromatic carbocycles. The van der Waals surface area contributed by atoms with E-state index in [0.717, 1.165) is 57.8 Å². The van der Waals surface area contributed by atoms with Crippen LogP contribution in [0.1, 0.15) is 265 Å². The smallest absolute Gasteiger partial charge is 0.306 e. The predicted octanol–water partition coefficient (Wildman–Crippen LogP) is 14.9. The van der Waals surface area contributed by atoms with Gasteiger partial charge in [-0.25, -0.2) is 0 Å². The van der Waals surface area contributed by atoms with Crippen molar-refractivity contribution in [2.75, 3.05) is 13.2 Å². The molecule has 0 radical (unpaired) electrons. The van der Waals surface area contributed by atoms with Crippen molar-refractivity contribution in [3.63, 3.8) is 0 Å². The first-order chi connectivity index (χ1) is 26.0. The summed E-state index contributed by atoms with van der Waals surface area (Å²) in [6.07, 6.45) is 43.6. The van der Waals surface area contributed by atoms with Crippen molar-refractivity contribution in [3.05, 3.63) is 0 Å². The lowest BCUT2D eigenvalue weighted by atomic mass is 10.0. The summed E-state index contributed by atoms with van der Waals surface area (Å²) in [5.74, 6) is -0.850. The molecule has 0 fully saturated rings. The number of carbonyl (C=O) groups is 3. The van der Waals surface area contributed by atoms with Crippen molar-refractivity contribution < 1.29 is 28.6 Å². The molecule has 1 atom stereocenters. The van der Waals surface area contributed by atoms with Crippen LogP contribution in [-0.2, 0) is 28.6 Å². The fourth-order valence-corrected chi connectivity index (χ4v) is 7.03. The first kappa shape index (κ1) is 51.4. The molecule has 0 aliphatic rings. The number of ether oxygens (including phenoxy) is 3. The minimum absolute atomic E-state index is 0.0625. The first-order valence-electron chi connectivity index (χ1n) is 23.5. The highest BCUT2D eigenvalue weighted by atomic mass is 16.6.